The lowest BCUT2D eigenvalue weighted by Crippen LogP contribution is -2.65. The number of rotatable bonds is 1. The van der Waals surface area contributed by atoms with Crippen molar-refractivity contribution in [2.24, 2.45) is 17.3 Å². The van der Waals surface area contributed by atoms with Crippen LogP contribution in [0.4, 0.5) is 0 Å². The maximum absolute atomic E-state index is 6.44. The average Bonchev–Trinajstić information content (AvgIpc) is 2.92. The normalized spacial score (nSPS) is 53.2. The molecule has 5 aliphatic rings. The van der Waals surface area contributed by atoms with Gasteiger partial charge in [-0.25, -0.2) is 0 Å². The molecule has 100 valence electrons. The van der Waals surface area contributed by atoms with E-state index in [4.69, 9.17) is 9.31 Å². The topological polar surface area (TPSA) is 30.5 Å². The van der Waals surface area contributed by atoms with Crippen molar-refractivity contribution in [1.82, 2.24) is 5.32 Å². The Bertz CT molecular complexity index is 369. The fraction of sp³-hybridized carbons (Fsp3) is 1.00. The van der Waals surface area contributed by atoms with Gasteiger partial charge in [-0.15, -0.1) is 0 Å². The molecular formula is C14H24BNO2. The molecule has 5 atom stereocenters. The van der Waals surface area contributed by atoms with Gasteiger partial charge in [0.2, 0.25) is 0 Å². The molecule has 3 nitrogen and oxygen atoms in total. The summed E-state index contributed by atoms with van der Waals surface area (Å²) in [6.07, 6.45) is 5.33. The van der Waals surface area contributed by atoms with Crippen molar-refractivity contribution in [3.8, 4) is 0 Å². The first-order valence-corrected chi connectivity index (χ1v) is 7.58. The maximum Gasteiger partial charge on any atom is 0.475 e. The molecule has 1 unspecified atom stereocenters. The van der Waals surface area contributed by atoms with Crippen LogP contribution in [0, 0.1) is 17.3 Å². The van der Waals surface area contributed by atoms with E-state index in [1.54, 1.807) is 0 Å². The van der Waals surface area contributed by atoms with Crippen molar-refractivity contribution in [2.75, 3.05) is 6.54 Å². The highest BCUT2D eigenvalue weighted by Crippen LogP contribution is 2.65. The fourth-order valence-corrected chi connectivity index (χ4v) is 5.01. The SMILES string of the molecule is CC1(C)[C@@H]2C[C@H]3OB(C4CCCN4)O[C@@]3(C)[C@H]1C2. The highest BCUT2D eigenvalue weighted by Gasteiger charge is 2.68. The van der Waals surface area contributed by atoms with Crippen molar-refractivity contribution in [1.29, 1.82) is 0 Å². The second-order valence-corrected chi connectivity index (χ2v) is 7.54. The third-order valence-electron chi connectivity index (χ3n) is 6.40. The van der Waals surface area contributed by atoms with Crippen LogP contribution in [0.25, 0.3) is 0 Å². The molecule has 2 saturated heterocycles. The van der Waals surface area contributed by atoms with Crippen molar-refractivity contribution < 1.29 is 9.31 Å². The molecule has 0 spiro atoms. The summed E-state index contributed by atoms with van der Waals surface area (Å²) in [5.74, 6) is 1.95. The minimum atomic E-state index is -0.0345. The van der Waals surface area contributed by atoms with Gasteiger partial charge in [0.1, 0.15) is 0 Å². The molecule has 4 heteroatoms. The van der Waals surface area contributed by atoms with Crippen LogP contribution < -0.4 is 5.32 Å². The molecule has 0 aromatic heterocycles. The number of nitrogens with one attached hydrogen (secondary N) is 1. The molecule has 3 aliphatic carbocycles. The van der Waals surface area contributed by atoms with Crippen LogP contribution in [0.1, 0.15) is 46.5 Å². The van der Waals surface area contributed by atoms with Crippen LogP contribution in [0.5, 0.6) is 0 Å². The first kappa shape index (κ1) is 11.7. The molecule has 0 radical (unpaired) electrons. The van der Waals surface area contributed by atoms with Gasteiger partial charge < -0.3 is 14.6 Å². The molecule has 1 N–H and O–H groups in total. The van der Waals surface area contributed by atoms with E-state index >= 15 is 0 Å². The van der Waals surface area contributed by atoms with E-state index in [0.29, 0.717) is 23.4 Å². The molecule has 5 fully saturated rings. The number of hydrogen-bond donors (Lipinski definition) is 1. The molecule has 0 amide bonds. The Morgan fingerprint density at radius 2 is 2.06 bits per heavy atom. The zero-order valence-corrected chi connectivity index (χ0v) is 11.7. The Balaban J connectivity index is 1.57. The smallest absolute Gasteiger partial charge is 0.404 e. The summed E-state index contributed by atoms with van der Waals surface area (Å²) >= 11 is 0. The standard InChI is InChI=1S/C14H24BNO2/c1-13(2)9-7-10(13)14(3)11(8-9)17-15(18-14)12-5-4-6-16-12/h9-12,16H,4-8H2,1-3H3/t9-,10-,11+,12?,14-/m0/s1. The highest BCUT2D eigenvalue weighted by atomic mass is 16.7. The second-order valence-electron chi connectivity index (χ2n) is 7.54. The Morgan fingerprint density at radius 1 is 1.22 bits per heavy atom. The molecule has 2 heterocycles. The molecule has 2 aliphatic heterocycles. The van der Waals surface area contributed by atoms with Crippen LogP contribution in [-0.4, -0.2) is 31.3 Å². The van der Waals surface area contributed by atoms with Gasteiger partial charge in [0, 0.05) is 5.94 Å². The lowest BCUT2D eigenvalue weighted by Gasteiger charge is -2.64. The highest BCUT2D eigenvalue weighted by molar-refractivity contribution is 6.47. The predicted molar refractivity (Wildman–Crippen MR) is 71.1 cm³/mol. The minimum absolute atomic E-state index is 0.00218. The Hall–Kier alpha value is -0.0551. The van der Waals surface area contributed by atoms with E-state index in [1.165, 1.54) is 25.7 Å². The van der Waals surface area contributed by atoms with Crippen molar-refractivity contribution in [3.05, 3.63) is 0 Å². The molecule has 2 bridgehead atoms. The van der Waals surface area contributed by atoms with Crippen molar-refractivity contribution in [3.63, 3.8) is 0 Å². The Kier molecular flexibility index (Phi) is 2.30. The van der Waals surface area contributed by atoms with Gasteiger partial charge in [-0.05, 0) is 56.4 Å². The molecular weight excluding hydrogens is 225 g/mol. The molecule has 18 heavy (non-hydrogen) atoms. The maximum atomic E-state index is 6.44. The lowest BCUT2D eigenvalue weighted by molar-refractivity contribution is -0.199. The first-order chi connectivity index (χ1) is 8.52. The van der Waals surface area contributed by atoms with Crippen LogP contribution in [0.3, 0.4) is 0 Å². The van der Waals surface area contributed by atoms with Crippen LogP contribution in [0.15, 0.2) is 0 Å². The van der Waals surface area contributed by atoms with Gasteiger partial charge in [-0.1, -0.05) is 13.8 Å². The summed E-state index contributed by atoms with van der Waals surface area (Å²) in [5, 5.41) is 3.52. The zero-order chi connectivity index (χ0) is 12.5. The van der Waals surface area contributed by atoms with Gasteiger partial charge in [-0.3, -0.25) is 0 Å². The van der Waals surface area contributed by atoms with Crippen molar-refractivity contribution in [2.45, 2.75) is 64.1 Å². The molecule has 0 aromatic carbocycles. The third-order valence-corrected chi connectivity index (χ3v) is 6.40. The largest absolute Gasteiger partial charge is 0.475 e. The summed E-state index contributed by atoms with van der Waals surface area (Å²) in [6, 6.07) is 0. The Labute approximate surface area is 110 Å². The first-order valence-electron chi connectivity index (χ1n) is 7.58. The summed E-state index contributed by atoms with van der Waals surface area (Å²) in [7, 11) is -0.00218. The Morgan fingerprint density at radius 3 is 2.72 bits per heavy atom. The zero-order valence-electron chi connectivity index (χ0n) is 11.7. The number of hydrogen-bond acceptors (Lipinski definition) is 3. The minimum Gasteiger partial charge on any atom is -0.404 e. The lowest BCUT2D eigenvalue weighted by atomic mass is 9.43. The molecule has 0 aromatic rings. The van der Waals surface area contributed by atoms with E-state index < -0.39 is 0 Å². The fourth-order valence-electron chi connectivity index (χ4n) is 5.01. The predicted octanol–water partition coefficient (Wildman–Crippen LogP) is 2.01. The van der Waals surface area contributed by atoms with Gasteiger partial charge in [0.25, 0.3) is 0 Å². The van der Waals surface area contributed by atoms with Crippen molar-refractivity contribution >= 4 is 7.12 Å². The molecule has 5 rings (SSSR count). The third kappa shape index (κ3) is 1.32. The quantitative estimate of drug-likeness (QED) is 0.721. The van der Waals surface area contributed by atoms with E-state index in [0.717, 1.165) is 12.5 Å². The van der Waals surface area contributed by atoms with E-state index in [2.05, 4.69) is 26.1 Å². The molecule has 3 saturated carbocycles. The second kappa shape index (κ2) is 3.53. The van der Waals surface area contributed by atoms with Gasteiger partial charge in [-0.2, -0.15) is 0 Å². The summed E-state index contributed by atoms with van der Waals surface area (Å²) < 4.78 is 12.7. The van der Waals surface area contributed by atoms with E-state index in [-0.39, 0.29) is 12.7 Å². The summed E-state index contributed by atoms with van der Waals surface area (Å²) in [6.45, 7) is 8.25. The monoisotopic (exact) mass is 249 g/mol. The van der Waals surface area contributed by atoms with Crippen LogP contribution in [-0.2, 0) is 9.31 Å². The van der Waals surface area contributed by atoms with E-state index in [1.807, 2.05) is 0 Å². The summed E-state index contributed by atoms with van der Waals surface area (Å²) in [5.41, 5.74) is 0.416. The van der Waals surface area contributed by atoms with Gasteiger partial charge >= 0.3 is 7.12 Å². The van der Waals surface area contributed by atoms with Crippen LogP contribution >= 0.6 is 0 Å². The van der Waals surface area contributed by atoms with Gasteiger partial charge in [0.15, 0.2) is 0 Å². The summed E-state index contributed by atoms with van der Waals surface area (Å²) in [4.78, 5) is 0. The van der Waals surface area contributed by atoms with Gasteiger partial charge in [0.05, 0.1) is 11.7 Å². The average molecular weight is 249 g/mol. The van der Waals surface area contributed by atoms with Crippen LogP contribution in [0.2, 0.25) is 0 Å². The van der Waals surface area contributed by atoms with E-state index in [9.17, 15) is 0 Å².